The lowest BCUT2D eigenvalue weighted by atomic mass is 9.88. The van der Waals surface area contributed by atoms with Crippen molar-refractivity contribution in [2.75, 3.05) is 13.1 Å². The first kappa shape index (κ1) is 16.5. The molecule has 0 radical (unpaired) electrons. The molecule has 0 aromatic heterocycles. The quantitative estimate of drug-likeness (QED) is 0.672. The van der Waals surface area contributed by atoms with E-state index in [4.69, 9.17) is 0 Å². The van der Waals surface area contributed by atoms with Gasteiger partial charge in [-0.2, -0.15) is 0 Å². The second-order valence-corrected chi connectivity index (χ2v) is 7.66. The molecule has 0 N–H and O–H groups in total. The van der Waals surface area contributed by atoms with Crippen LogP contribution in [0.2, 0.25) is 0 Å². The highest BCUT2D eigenvalue weighted by Gasteiger charge is 2.29. The first-order chi connectivity index (χ1) is 8.80. The van der Waals surface area contributed by atoms with E-state index in [-0.39, 0.29) is 5.41 Å². The Hall–Kier alpha value is -0.530. The molecule has 0 aromatic rings. The number of nitrogens with zero attached hydrogens (tertiary/aromatic N) is 1. The summed E-state index contributed by atoms with van der Waals surface area (Å²) in [5, 5.41) is 0. The van der Waals surface area contributed by atoms with Gasteiger partial charge in [0.25, 0.3) is 0 Å². The van der Waals surface area contributed by atoms with Crippen molar-refractivity contribution in [2.45, 2.75) is 73.1 Å². The molecule has 0 atom stereocenters. The molecule has 1 aliphatic heterocycles. The molecule has 1 fully saturated rings. The van der Waals surface area contributed by atoms with E-state index < -0.39 is 0 Å². The number of unbranched alkanes of at least 4 members (excludes halogenated alkanes) is 1. The van der Waals surface area contributed by atoms with Crippen LogP contribution in [0, 0.1) is 17.3 Å². The Balaban J connectivity index is 2.20. The van der Waals surface area contributed by atoms with Crippen LogP contribution in [0.3, 0.4) is 0 Å². The van der Waals surface area contributed by atoms with Gasteiger partial charge in [-0.05, 0) is 24.7 Å². The van der Waals surface area contributed by atoms with Crippen LogP contribution < -0.4 is 0 Å². The molecule has 1 aliphatic rings. The van der Waals surface area contributed by atoms with Gasteiger partial charge in [-0.25, -0.2) is 0 Å². The zero-order chi connectivity index (χ0) is 14.5. The lowest BCUT2D eigenvalue weighted by molar-refractivity contribution is -0.140. The van der Waals surface area contributed by atoms with Crippen LogP contribution in [0.15, 0.2) is 0 Å². The number of hydrogen-bond acceptors (Lipinski definition) is 1. The second-order valence-electron chi connectivity index (χ2n) is 7.66. The minimum atomic E-state index is -0.218. The van der Waals surface area contributed by atoms with Crippen LogP contribution in [0.5, 0.6) is 0 Å². The first-order valence-electron chi connectivity index (χ1n) is 8.10. The number of carbonyl (C=O) groups is 1. The highest BCUT2D eigenvalue weighted by atomic mass is 16.2. The zero-order valence-corrected chi connectivity index (χ0v) is 13.7. The molecule has 112 valence electrons. The summed E-state index contributed by atoms with van der Waals surface area (Å²) < 4.78 is 0. The van der Waals surface area contributed by atoms with Crippen molar-refractivity contribution in [3.8, 4) is 0 Å². The Morgan fingerprint density at radius 3 is 2.21 bits per heavy atom. The Labute approximate surface area is 119 Å². The smallest absolute Gasteiger partial charge is 0.227 e. The van der Waals surface area contributed by atoms with Gasteiger partial charge in [0.1, 0.15) is 0 Å². The Kier molecular flexibility index (Phi) is 6.35. The van der Waals surface area contributed by atoms with Gasteiger partial charge in [-0.1, -0.05) is 60.3 Å². The van der Waals surface area contributed by atoms with E-state index in [0.29, 0.717) is 5.91 Å². The highest BCUT2D eigenvalue weighted by Crippen LogP contribution is 2.26. The molecule has 0 spiro atoms. The van der Waals surface area contributed by atoms with Crippen molar-refractivity contribution in [3.05, 3.63) is 0 Å². The largest absolute Gasteiger partial charge is 0.342 e. The number of piperidine rings is 1. The van der Waals surface area contributed by atoms with Gasteiger partial charge in [-0.3, -0.25) is 4.79 Å². The van der Waals surface area contributed by atoms with E-state index in [1.54, 1.807) is 0 Å². The Bertz CT molecular complexity index is 269. The molecule has 0 unspecified atom stereocenters. The summed E-state index contributed by atoms with van der Waals surface area (Å²) in [5.74, 6) is 2.02. The fourth-order valence-electron chi connectivity index (χ4n) is 2.88. The average Bonchev–Trinajstić information content (AvgIpc) is 2.33. The minimum absolute atomic E-state index is 0.218. The van der Waals surface area contributed by atoms with Gasteiger partial charge in [-0.15, -0.1) is 0 Å². The van der Waals surface area contributed by atoms with Crippen molar-refractivity contribution >= 4 is 5.91 Å². The van der Waals surface area contributed by atoms with Crippen molar-refractivity contribution in [1.29, 1.82) is 0 Å². The highest BCUT2D eigenvalue weighted by molar-refractivity contribution is 5.81. The number of carbonyl (C=O) groups excluding carboxylic acids is 1. The van der Waals surface area contributed by atoms with Gasteiger partial charge >= 0.3 is 0 Å². The summed E-state index contributed by atoms with van der Waals surface area (Å²) in [7, 11) is 0. The van der Waals surface area contributed by atoms with Crippen molar-refractivity contribution < 1.29 is 4.79 Å². The van der Waals surface area contributed by atoms with Crippen molar-refractivity contribution in [3.63, 3.8) is 0 Å². The maximum atomic E-state index is 12.2. The molecule has 0 saturated carbocycles. The van der Waals surface area contributed by atoms with Gasteiger partial charge in [0.2, 0.25) is 5.91 Å². The van der Waals surface area contributed by atoms with Crippen LogP contribution >= 0.6 is 0 Å². The van der Waals surface area contributed by atoms with E-state index in [1.807, 2.05) is 20.8 Å². The topological polar surface area (TPSA) is 20.3 Å². The van der Waals surface area contributed by atoms with Crippen molar-refractivity contribution in [1.82, 2.24) is 4.90 Å². The maximum absolute atomic E-state index is 12.2. The van der Waals surface area contributed by atoms with Crippen LogP contribution in [-0.2, 0) is 4.79 Å². The van der Waals surface area contributed by atoms with E-state index in [1.165, 1.54) is 38.5 Å². The third kappa shape index (κ3) is 5.97. The lowest BCUT2D eigenvalue weighted by Crippen LogP contribution is -2.44. The van der Waals surface area contributed by atoms with Crippen LogP contribution in [0.1, 0.15) is 73.1 Å². The van der Waals surface area contributed by atoms with Crippen LogP contribution in [0.25, 0.3) is 0 Å². The predicted octanol–water partition coefficient (Wildman–Crippen LogP) is 4.49. The molecule has 0 bridgehead atoms. The number of likely N-dealkylation sites (tertiary alicyclic amines) is 1. The van der Waals surface area contributed by atoms with E-state index in [9.17, 15) is 4.79 Å². The van der Waals surface area contributed by atoms with Gasteiger partial charge in [0, 0.05) is 18.5 Å². The van der Waals surface area contributed by atoms with Gasteiger partial charge in [0.05, 0.1) is 0 Å². The first-order valence-corrected chi connectivity index (χ1v) is 8.10. The van der Waals surface area contributed by atoms with Crippen LogP contribution in [-0.4, -0.2) is 23.9 Å². The minimum Gasteiger partial charge on any atom is -0.342 e. The molecule has 2 heteroatoms. The third-order valence-electron chi connectivity index (χ3n) is 4.19. The monoisotopic (exact) mass is 267 g/mol. The molecule has 19 heavy (non-hydrogen) atoms. The summed E-state index contributed by atoms with van der Waals surface area (Å²) in [5.41, 5.74) is -0.218. The van der Waals surface area contributed by atoms with Gasteiger partial charge in [0.15, 0.2) is 0 Å². The molecule has 2 nitrogen and oxygen atoms in total. The molecule has 1 amide bonds. The van der Waals surface area contributed by atoms with E-state index >= 15 is 0 Å². The molecular weight excluding hydrogens is 234 g/mol. The fourth-order valence-corrected chi connectivity index (χ4v) is 2.88. The molecule has 1 rings (SSSR count). The summed E-state index contributed by atoms with van der Waals surface area (Å²) in [6.07, 6.45) is 7.90. The zero-order valence-electron chi connectivity index (χ0n) is 13.7. The SMILES string of the molecule is CC(C)CCCCC1CCN(C(=O)C(C)(C)C)CC1. The van der Waals surface area contributed by atoms with Gasteiger partial charge < -0.3 is 4.90 Å². The van der Waals surface area contributed by atoms with E-state index in [2.05, 4.69) is 18.7 Å². The summed E-state index contributed by atoms with van der Waals surface area (Å²) >= 11 is 0. The Morgan fingerprint density at radius 1 is 1.16 bits per heavy atom. The standard InChI is InChI=1S/C17H33NO/c1-14(2)8-6-7-9-15-10-12-18(13-11-15)16(19)17(3,4)5/h14-15H,6-13H2,1-5H3. The number of rotatable bonds is 5. The van der Waals surface area contributed by atoms with Crippen molar-refractivity contribution in [2.24, 2.45) is 17.3 Å². The second kappa shape index (κ2) is 7.31. The number of amides is 1. The lowest BCUT2D eigenvalue weighted by Gasteiger charge is -2.35. The Morgan fingerprint density at radius 2 is 1.74 bits per heavy atom. The maximum Gasteiger partial charge on any atom is 0.227 e. The fraction of sp³-hybridized carbons (Fsp3) is 0.941. The van der Waals surface area contributed by atoms with Crippen LogP contribution in [0.4, 0.5) is 0 Å². The molecule has 0 aliphatic carbocycles. The summed E-state index contributed by atoms with van der Waals surface area (Å²) in [6.45, 7) is 12.6. The molecule has 0 aromatic carbocycles. The third-order valence-corrected chi connectivity index (χ3v) is 4.19. The molecule has 1 saturated heterocycles. The molecule has 1 heterocycles. The summed E-state index contributed by atoms with van der Waals surface area (Å²) in [6, 6.07) is 0. The van der Waals surface area contributed by atoms with E-state index in [0.717, 1.165) is 24.9 Å². The normalized spacial score (nSPS) is 18.1. The number of hydrogen-bond donors (Lipinski definition) is 0. The summed E-state index contributed by atoms with van der Waals surface area (Å²) in [4.78, 5) is 14.3. The average molecular weight is 267 g/mol. The molecular formula is C17H33NO. The predicted molar refractivity (Wildman–Crippen MR) is 82.1 cm³/mol.